The number of methoxy groups -OCH3 is 2. The van der Waals surface area contributed by atoms with Crippen molar-refractivity contribution < 1.29 is 28.8 Å². The van der Waals surface area contributed by atoms with E-state index in [9.17, 15) is 9.90 Å². The molecule has 2 N–H and O–H groups in total. The Morgan fingerprint density at radius 2 is 1.57 bits per heavy atom. The second kappa shape index (κ2) is 14.7. The average Bonchev–Trinajstić information content (AvgIpc) is 3.11. The molecule has 4 atom stereocenters. The van der Waals surface area contributed by atoms with E-state index in [1.807, 2.05) is 24.3 Å². The first-order valence-corrected chi connectivity index (χ1v) is 16.3. The minimum atomic E-state index is -0.541. The fourth-order valence-electron chi connectivity index (χ4n) is 6.60. The molecule has 0 aromatic heterocycles. The number of nitrogens with one attached hydrogen (secondary N) is 1. The molecule has 246 valence electrons. The summed E-state index contributed by atoms with van der Waals surface area (Å²) in [5.74, 6) is 1.55. The molecular formula is C39H44N2O6. The number of carbonyl (C=O) groups excluding carboxylic acids is 1. The number of rotatable bonds is 10. The molecule has 0 saturated carbocycles. The van der Waals surface area contributed by atoms with Crippen LogP contribution in [0.1, 0.15) is 59.6 Å². The van der Waals surface area contributed by atoms with Crippen LogP contribution < -0.4 is 14.8 Å². The number of aliphatic hydroxyl groups excluding tert-OH is 1. The number of hydrogen-bond donors (Lipinski definition) is 2. The largest absolute Gasteiger partial charge is 0.493 e. The van der Waals surface area contributed by atoms with Crippen LogP contribution in [-0.2, 0) is 40.4 Å². The van der Waals surface area contributed by atoms with E-state index in [1.54, 1.807) is 14.2 Å². The third kappa shape index (κ3) is 7.52. The van der Waals surface area contributed by atoms with Gasteiger partial charge in [0.2, 0.25) is 5.91 Å². The van der Waals surface area contributed by atoms with Crippen molar-refractivity contribution in [1.29, 1.82) is 0 Å². The van der Waals surface area contributed by atoms with E-state index >= 15 is 0 Å². The van der Waals surface area contributed by atoms with Crippen LogP contribution >= 0.6 is 0 Å². The Balaban J connectivity index is 1.23. The lowest BCUT2D eigenvalue weighted by Gasteiger charge is -2.43. The van der Waals surface area contributed by atoms with Crippen LogP contribution in [0.5, 0.6) is 11.5 Å². The number of benzene rings is 4. The summed E-state index contributed by atoms with van der Waals surface area (Å²) in [6.07, 6.45) is 0.123. The summed E-state index contributed by atoms with van der Waals surface area (Å²) in [4.78, 5) is 13.9. The molecule has 0 radical (unpaired) electrons. The van der Waals surface area contributed by atoms with Crippen LogP contribution in [0.2, 0.25) is 0 Å². The van der Waals surface area contributed by atoms with Gasteiger partial charge in [0.1, 0.15) is 0 Å². The summed E-state index contributed by atoms with van der Waals surface area (Å²) in [6.45, 7) is 6.72. The van der Waals surface area contributed by atoms with Gasteiger partial charge in [-0.3, -0.25) is 9.69 Å². The summed E-state index contributed by atoms with van der Waals surface area (Å²) in [7, 11) is 3.35. The molecule has 47 heavy (non-hydrogen) atoms. The fraction of sp³-hybridized carbons (Fsp3) is 0.359. The highest BCUT2D eigenvalue weighted by Crippen LogP contribution is 2.43. The molecule has 8 nitrogen and oxygen atoms in total. The lowest BCUT2D eigenvalue weighted by molar-refractivity contribution is -0.276. The predicted molar refractivity (Wildman–Crippen MR) is 181 cm³/mol. The first kappa shape index (κ1) is 32.7. The molecule has 2 aliphatic rings. The number of nitrogens with zero attached hydrogens (tertiary/aromatic N) is 1. The van der Waals surface area contributed by atoms with E-state index in [2.05, 4.69) is 77.8 Å². The highest BCUT2D eigenvalue weighted by Gasteiger charge is 2.39. The molecule has 8 heteroatoms. The number of amides is 1. The van der Waals surface area contributed by atoms with Crippen molar-refractivity contribution in [3.8, 4) is 22.6 Å². The van der Waals surface area contributed by atoms with Crippen molar-refractivity contribution >= 4 is 5.91 Å². The van der Waals surface area contributed by atoms with Crippen LogP contribution in [0.15, 0.2) is 84.9 Å². The Bertz CT molecular complexity index is 1670. The third-order valence-electron chi connectivity index (χ3n) is 9.34. The Morgan fingerprint density at radius 1 is 0.872 bits per heavy atom. The number of fused-ring (bicyclic) bond motifs is 1. The van der Waals surface area contributed by atoms with Gasteiger partial charge in [-0.1, -0.05) is 73.7 Å². The van der Waals surface area contributed by atoms with Crippen LogP contribution in [0.4, 0.5) is 0 Å². The zero-order chi connectivity index (χ0) is 32.9. The molecule has 1 saturated heterocycles. The van der Waals surface area contributed by atoms with E-state index in [4.69, 9.17) is 18.9 Å². The summed E-state index contributed by atoms with van der Waals surface area (Å²) in [5, 5.41) is 12.5. The van der Waals surface area contributed by atoms with Gasteiger partial charge in [0, 0.05) is 44.6 Å². The lowest BCUT2D eigenvalue weighted by Crippen LogP contribution is -2.45. The Labute approximate surface area is 277 Å². The van der Waals surface area contributed by atoms with Crippen molar-refractivity contribution in [2.45, 2.75) is 58.5 Å². The molecule has 0 unspecified atom stereocenters. The molecule has 4 aromatic rings. The number of ether oxygens (including phenoxy) is 4. The minimum Gasteiger partial charge on any atom is -0.493 e. The van der Waals surface area contributed by atoms with E-state index in [0.29, 0.717) is 6.54 Å². The monoisotopic (exact) mass is 636 g/mol. The van der Waals surface area contributed by atoms with E-state index in [0.717, 1.165) is 70.9 Å². The fourth-order valence-corrected chi connectivity index (χ4v) is 6.60. The average molecular weight is 637 g/mol. The van der Waals surface area contributed by atoms with Crippen molar-refractivity contribution in [2.24, 2.45) is 5.92 Å². The van der Waals surface area contributed by atoms with Gasteiger partial charge in [-0.15, -0.1) is 0 Å². The molecule has 2 heterocycles. The van der Waals surface area contributed by atoms with E-state index in [1.165, 1.54) is 18.1 Å². The van der Waals surface area contributed by atoms with Crippen LogP contribution in [-0.4, -0.2) is 49.3 Å². The maximum Gasteiger partial charge on any atom is 0.217 e. The second-order valence-electron chi connectivity index (χ2n) is 12.5. The SMILES string of the molecule is COc1cc2c(cc1OC)CN(C[C@@H]1O[C@H](c3ccc(-c4cccc(CNC(C)=O)c4)cc3)O[C@H](c3ccc(CO)cc3)[C@@H]1C)CC2. The van der Waals surface area contributed by atoms with Gasteiger partial charge in [0.15, 0.2) is 17.8 Å². The van der Waals surface area contributed by atoms with Gasteiger partial charge >= 0.3 is 0 Å². The van der Waals surface area contributed by atoms with Crippen LogP contribution in [0, 0.1) is 5.92 Å². The first-order chi connectivity index (χ1) is 22.8. The Hall–Kier alpha value is -4.21. The Morgan fingerprint density at radius 3 is 2.26 bits per heavy atom. The first-order valence-electron chi connectivity index (χ1n) is 16.3. The molecule has 4 aromatic carbocycles. The Kier molecular flexibility index (Phi) is 10.2. The number of carbonyl (C=O) groups is 1. The zero-order valence-corrected chi connectivity index (χ0v) is 27.6. The molecule has 0 bridgehead atoms. The van der Waals surface area contributed by atoms with E-state index in [-0.39, 0.29) is 30.6 Å². The topological polar surface area (TPSA) is 89.5 Å². The van der Waals surface area contributed by atoms with Gasteiger partial charge in [-0.25, -0.2) is 0 Å². The second-order valence-corrected chi connectivity index (χ2v) is 12.5. The lowest BCUT2D eigenvalue weighted by atomic mass is 9.89. The molecule has 1 fully saturated rings. The quantitative estimate of drug-likeness (QED) is 0.210. The van der Waals surface area contributed by atoms with Gasteiger partial charge in [-0.05, 0) is 63.6 Å². The van der Waals surface area contributed by atoms with Crippen LogP contribution in [0.25, 0.3) is 11.1 Å². The van der Waals surface area contributed by atoms with E-state index < -0.39 is 6.29 Å². The summed E-state index contributed by atoms with van der Waals surface area (Å²) >= 11 is 0. The van der Waals surface area contributed by atoms with Crippen molar-refractivity contribution in [1.82, 2.24) is 10.2 Å². The molecular weight excluding hydrogens is 592 g/mol. The highest BCUT2D eigenvalue weighted by molar-refractivity contribution is 5.73. The third-order valence-corrected chi connectivity index (χ3v) is 9.34. The maximum atomic E-state index is 11.4. The summed E-state index contributed by atoms with van der Waals surface area (Å²) in [6, 6.07) is 28.8. The molecule has 0 aliphatic carbocycles. The maximum absolute atomic E-state index is 11.4. The van der Waals surface area contributed by atoms with Crippen LogP contribution in [0.3, 0.4) is 0 Å². The number of aliphatic hydroxyl groups is 1. The molecule has 6 rings (SSSR count). The van der Waals surface area contributed by atoms with Gasteiger partial charge in [0.05, 0.1) is 33.0 Å². The van der Waals surface area contributed by atoms with Crippen molar-refractivity contribution in [3.05, 3.63) is 118 Å². The molecule has 0 spiro atoms. The minimum absolute atomic E-state index is 0.00527. The molecule has 1 amide bonds. The highest BCUT2D eigenvalue weighted by atomic mass is 16.7. The predicted octanol–water partition coefficient (Wildman–Crippen LogP) is 6.35. The van der Waals surface area contributed by atoms with Gasteiger partial charge < -0.3 is 29.4 Å². The van der Waals surface area contributed by atoms with Gasteiger partial charge in [-0.2, -0.15) is 0 Å². The molecule has 2 aliphatic heterocycles. The zero-order valence-electron chi connectivity index (χ0n) is 27.6. The smallest absolute Gasteiger partial charge is 0.217 e. The van der Waals surface area contributed by atoms with Gasteiger partial charge in [0.25, 0.3) is 0 Å². The number of hydrogen-bond acceptors (Lipinski definition) is 7. The standard InChI is InChI=1S/C39H44N2O6/c1-25-37(23-41-17-16-33-19-35(44-3)36(45-4)20-34(33)22-41)46-39(47-38(25)30-10-8-27(24-42)9-11-30)31-14-12-29(13-15-31)32-7-5-6-28(18-32)21-40-26(2)43/h5-15,18-20,25,37-39,42H,16-17,21-24H2,1-4H3,(H,40,43)/t25-,37+,38+,39+/m1/s1. The summed E-state index contributed by atoms with van der Waals surface area (Å²) < 4.78 is 24.6. The normalized spacial score (nSPS) is 21.1. The summed E-state index contributed by atoms with van der Waals surface area (Å²) in [5.41, 5.74) is 8.65. The van der Waals surface area contributed by atoms with Crippen molar-refractivity contribution in [2.75, 3.05) is 27.3 Å². The van der Waals surface area contributed by atoms with Crippen molar-refractivity contribution in [3.63, 3.8) is 0 Å².